The van der Waals surface area contributed by atoms with Gasteiger partial charge in [-0.3, -0.25) is 14.4 Å². The molecule has 10 nitrogen and oxygen atoms in total. The van der Waals surface area contributed by atoms with E-state index in [4.69, 9.17) is 0 Å². The van der Waals surface area contributed by atoms with Gasteiger partial charge in [0.1, 0.15) is 17.4 Å². The van der Waals surface area contributed by atoms with E-state index < -0.39 is 68.8 Å². The van der Waals surface area contributed by atoms with E-state index in [0.29, 0.717) is 24.1 Å². The van der Waals surface area contributed by atoms with E-state index in [1.165, 1.54) is 30.3 Å². The fraction of sp³-hybridized carbons (Fsp3) is 0.514. The second-order valence-electron chi connectivity index (χ2n) is 13.3. The minimum absolute atomic E-state index is 0.00508. The zero-order chi connectivity index (χ0) is 37.0. The molecule has 2 unspecified atom stereocenters. The molecular formula is C35H45F4N5O5S. The van der Waals surface area contributed by atoms with Gasteiger partial charge in [-0.2, -0.15) is 13.2 Å². The first-order valence-corrected chi connectivity index (χ1v) is 18.6. The highest BCUT2D eigenvalue weighted by molar-refractivity contribution is 7.88. The summed E-state index contributed by atoms with van der Waals surface area (Å²) in [4.78, 5) is 44.6. The van der Waals surface area contributed by atoms with Crippen molar-refractivity contribution in [2.24, 2.45) is 11.8 Å². The second kappa shape index (κ2) is 15.5. The predicted octanol–water partition coefficient (Wildman–Crippen LogP) is 4.52. The van der Waals surface area contributed by atoms with Gasteiger partial charge in [-0.25, -0.2) is 17.5 Å². The lowest BCUT2D eigenvalue weighted by molar-refractivity contribution is -0.137. The molecule has 1 heterocycles. The Balaban J connectivity index is 1.73. The summed E-state index contributed by atoms with van der Waals surface area (Å²) in [5, 5.41) is 8.78. The van der Waals surface area contributed by atoms with Crippen molar-refractivity contribution in [1.29, 1.82) is 0 Å². The number of sulfonamides is 1. The first kappa shape index (κ1) is 38.8. The maximum Gasteiger partial charge on any atom is 0.418 e. The van der Waals surface area contributed by atoms with Crippen LogP contribution in [0, 0.1) is 17.7 Å². The number of benzene rings is 2. The molecule has 0 bridgehead atoms. The molecular weight excluding hydrogens is 678 g/mol. The van der Waals surface area contributed by atoms with Gasteiger partial charge in [-0.15, -0.1) is 0 Å². The highest BCUT2D eigenvalue weighted by atomic mass is 32.2. The molecule has 0 saturated carbocycles. The number of carbonyl (C=O) groups excluding carboxylic acids is 3. The fourth-order valence-corrected chi connectivity index (χ4v) is 6.83. The molecule has 0 radical (unpaired) electrons. The highest BCUT2D eigenvalue weighted by Crippen LogP contribution is 2.40. The summed E-state index contributed by atoms with van der Waals surface area (Å²) in [5.41, 5.74) is -1.59. The fourth-order valence-electron chi connectivity index (χ4n) is 6.35. The van der Waals surface area contributed by atoms with Crippen LogP contribution in [0.1, 0.15) is 69.3 Å². The summed E-state index contributed by atoms with van der Waals surface area (Å²) in [7, 11) is -3.62. The van der Waals surface area contributed by atoms with Crippen LogP contribution in [0.25, 0.3) is 10.9 Å². The number of nitrogens with one attached hydrogen (secondary N) is 5. The number of carbonyl (C=O) groups is 3. The number of rotatable bonds is 14. The molecule has 1 aliphatic carbocycles. The number of aromatic nitrogens is 1. The number of fused-ring (bicyclic) bond motifs is 3. The number of H-pyrrole nitrogens is 1. The molecule has 0 aliphatic heterocycles. The van der Waals surface area contributed by atoms with E-state index in [1.54, 1.807) is 13.0 Å². The van der Waals surface area contributed by atoms with E-state index in [1.807, 2.05) is 20.8 Å². The molecule has 5 atom stereocenters. The molecule has 5 N–H and O–H groups in total. The van der Waals surface area contributed by atoms with Crippen molar-refractivity contribution in [3.63, 3.8) is 0 Å². The van der Waals surface area contributed by atoms with Gasteiger partial charge in [0, 0.05) is 30.1 Å². The van der Waals surface area contributed by atoms with E-state index in [9.17, 15) is 40.4 Å². The van der Waals surface area contributed by atoms with Crippen LogP contribution in [0.5, 0.6) is 0 Å². The number of aromatic amines is 1. The van der Waals surface area contributed by atoms with Gasteiger partial charge in [0.05, 0.1) is 23.8 Å². The summed E-state index contributed by atoms with van der Waals surface area (Å²) in [6.07, 6.45) is -3.02. The Bertz CT molecular complexity index is 1830. The number of hydrogen-bond donors (Lipinski definition) is 5. The maximum atomic E-state index is 14.4. The molecule has 50 heavy (non-hydrogen) atoms. The average molecular weight is 724 g/mol. The lowest BCUT2D eigenvalue weighted by Gasteiger charge is -2.40. The Morgan fingerprint density at radius 3 is 2.28 bits per heavy atom. The Morgan fingerprint density at radius 1 is 0.980 bits per heavy atom. The summed E-state index contributed by atoms with van der Waals surface area (Å²) in [5.74, 6) is -3.14. The molecule has 0 spiro atoms. The lowest BCUT2D eigenvalue weighted by Crippen LogP contribution is -2.66. The molecule has 0 saturated heterocycles. The SMILES string of the molecule is CCC(C)[C@H](NC(=O)Cc1ccccc1F)C(=O)N[C@]1(C(=O)N[C@H](CNS(C)(=O)=O)C(C)CC)CCc2[nH]c3c(C(F)(F)F)cccc3c2C1. The third-order valence-electron chi connectivity index (χ3n) is 9.75. The maximum absolute atomic E-state index is 14.4. The van der Waals surface area contributed by atoms with Crippen LogP contribution in [0.15, 0.2) is 42.5 Å². The topological polar surface area (TPSA) is 149 Å². The quantitative estimate of drug-likeness (QED) is 0.155. The molecule has 3 amide bonds. The third-order valence-corrected chi connectivity index (χ3v) is 10.4. The first-order valence-electron chi connectivity index (χ1n) is 16.7. The Hall–Kier alpha value is -3.98. The minimum Gasteiger partial charge on any atom is -0.358 e. The van der Waals surface area contributed by atoms with Crippen molar-refractivity contribution in [3.05, 3.63) is 70.7 Å². The Morgan fingerprint density at radius 2 is 1.66 bits per heavy atom. The van der Waals surface area contributed by atoms with Gasteiger partial charge in [-0.05, 0) is 47.9 Å². The van der Waals surface area contributed by atoms with Crippen molar-refractivity contribution >= 4 is 38.6 Å². The number of alkyl halides is 3. The molecule has 1 aliphatic rings. The summed E-state index contributed by atoms with van der Waals surface area (Å²) < 4.78 is 82.5. The van der Waals surface area contributed by atoms with Gasteiger partial charge in [-0.1, -0.05) is 70.9 Å². The second-order valence-corrected chi connectivity index (χ2v) is 15.2. The standard InChI is InChI=1S/C35H45F4N5O5S/c1-6-20(3)28(19-40-50(5,48)49)42-33(47)34(16-15-27-24(18-34)23-12-10-13-25(31(23)41-27)35(37,38)39)44-32(46)30(21(4)7-2)43-29(45)17-22-11-8-9-14-26(22)36/h8-14,20-21,28,30,40-41H,6-7,15-19H2,1-5H3,(H,42,47)(H,43,45)(H,44,46)/t20?,21?,28-,30+,34-/m1/s1. The summed E-state index contributed by atoms with van der Waals surface area (Å²) in [6.45, 7) is 7.14. The Labute approximate surface area is 289 Å². The van der Waals surface area contributed by atoms with E-state index >= 15 is 0 Å². The van der Waals surface area contributed by atoms with Gasteiger partial charge in [0.25, 0.3) is 0 Å². The largest absolute Gasteiger partial charge is 0.418 e. The molecule has 2 aromatic carbocycles. The lowest BCUT2D eigenvalue weighted by atomic mass is 9.78. The minimum atomic E-state index is -4.64. The highest BCUT2D eigenvalue weighted by Gasteiger charge is 2.47. The van der Waals surface area contributed by atoms with Gasteiger partial charge in [0.15, 0.2) is 0 Å². The molecule has 1 aromatic heterocycles. The zero-order valence-electron chi connectivity index (χ0n) is 28.8. The van der Waals surface area contributed by atoms with Crippen LogP contribution < -0.4 is 20.7 Å². The number of hydrogen-bond acceptors (Lipinski definition) is 5. The smallest absolute Gasteiger partial charge is 0.358 e. The number of halogens is 4. The Kier molecular flexibility index (Phi) is 12.0. The average Bonchev–Trinajstić information content (AvgIpc) is 3.42. The molecule has 15 heteroatoms. The van der Waals surface area contributed by atoms with Crippen molar-refractivity contribution in [1.82, 2.24) is 25.7 Å². The van der Waals surface area contributed by atoms with Gasteiger partial charge >= 0.3 is 6.18 Å². The third kappa shape index (κ3) is 9.02. The van der Waals surface area contributed by atoms with Crippen molar-refractivity contribution in [3.8, 4) is 0 Å². The van der Waals surface area contributed by atoms with Crippen LogP contribution in [0.4, 0.5) is 17.6 Å². The molecule has 274 valence electrons. The summed E-state index contributed by atoms with van der Waals surface area (Å²) >= 11 is 0. The molecule has 4 rings (SSSR count). The monoisotopic (exact) mass is 723 g/mol. The number of amides is 3. The van der Waals surface area contributed by atoms with Crippen molar-refractivity contribution < 1.29 is 40.4 Å². The van der Waals surface area contributed by atoms with Crippen LogP contribution in [-0.4, -0.2) is 61.5 Å². The number of para-hydroxylation sites is 1. The zero-order valence-corrected chi connectivity index (χ0v) is 29.6. The van der Waals surface area contributed by atoms with Crippen LogP contribution in [0.2, 0.25) is 0 Å². The van der Waals surface area contributed by atoms with Gasteiger partial charge < -0.3 is 20.9 Å². The molecule has 0 fully saturated rings. The first-order chi connectivity index (χ1) is 23.4. The van der Waals surface area contributed by atoms with Crippen LogP contribution in [0.3, 0.4) is 0 Å². The van der Waals surface area contributed by atoms with Crippen LogP contribution in [-0.2, 0) is 49.8 Å². The van der Waals surface area contributed by atoms with Crippen molar-refractivity contribution in [2.75, 3.05) is 12.8 Å². The molecule has 3 aromatic rings. The number of aryl methyl sites for hydroxylation is 1. The van der Waals surface area contributed by atoms with Crippen molar-refractivity contribution in [2.45, 2.75) is 90.0 Å². The van der Waals surface area contributed by atoms with Gasteiger partial charge in [0.2, 0.25) is 27.7 Å². The van der Waals surface area contributed by atoms with Crippen LogP contribution >= 0.6 is 0 Å². The van der Waals surface area contributed by atoms with E-state index in [0.717, 1.165) is 12.3 Å². The summed E-state index contributed by atoms with van der Waals surface area (Å²) in [6, 6.07) is 7.72. The predicted molar refractivity (Wildman–Crippen MR) is 182 cm³/mol. The normalized spacial score (nSPS) is 18.8. The van der Waals surface area contributed by atoms with E-state index in [2.05, 4.69) is 25.7 Å². The van der Waals surface area contributed by atoms with E-state index in [-0.39, 0.29) is 54.6 Å².